The summed E-state index contributed by atoms with van der Waals surface area (Å²) in [5.74, 6) is -1.74. The van der Waals surface area contributed by atoms with Crippen LogP contribution in [-0.2, 0) is 19.1 Å². The zero-order chi connectivity index (χ0) is 16.4. The van der Waals surface area contributed by atoms with Crippen LogP contribution in [-0.4, -0.2) is 28.8 Å². The highest BCUT2D eigenvalue weighted by atomic mass is 16.6. The van der Waals surface area contributed by atoms with Gasteiger partial charge in [-0.2, -0.15) is 4.98 Å². The molecule has 8 heteroatoms. The van der Waals surface area contributed by atoms with E-state index < -0.39 is 23.9 Å². The summed E-state index contributed by atoms with van der Waals surface area (Å²) in [6, 6.07) is 0.993. The average Bonchev–Trinajstić information content (AvgIpc) is 2.63. The number of aliphatic imine (C=N–C) groups is 1. The molecule has 8 nitrogen and oxygen atoms in total. The summed E-state index contributed by atoms with van der Waals surface area (Å²) in [4.78, 5) is 41.6. The molecule has 0 aromatic carbocycles. The van der Waals surface area contributed by atoms with Gasteiger partial charge in [0.25, 0.3) is 0 Å². The quantitative estimate of drug-likeness (QED) is 0.759. The summed E-state index contributed by atoms with van der Waals surface area (Å²) >= 11 is 0. The Labute approximate surface area is 126 Å². The van der Waals surface area contributed by atoms with Crippen LogP contribution in [0.3, 0.4) is 0 Å². The van der Waals surface area contributed by atoms with Crippen molar-refractivity contribution >= 4 is 23.8 Å². The fraction of sp³-hybridized carbons (Fsp3) is 0.357. The molecule has 0 radical (unpaired) electrons. The Hall–Kier alpha value is -2.77. The van der Waals surface area contributed by atoms with Crippen LogP contribution in [0.4, 0.5) is 0 Å². The van der Waals surface area contributed by atoms with Gasteiger partial charge in [-0.3, -0.25) is 14.4 Å². The standard InChI is InChI=1S/C14H14N2O6/c1-6-12-10(13(15-6)21-8(3)18)5-11(20-7(2)17)16-14(12)22-9(4)19/h5-6H,1-4H3. The maximum Gasteiger partial charge on any atom is 0.309 e. The van der Waals surface area contributed by atoms with E-state index in [4.69, 9.17) is 14.2 Å². The van der Waals surface area contributed by atoms with Gasteiger partial charge in [0, 0.05) is 26.8 Å². The third kappa shape index (κ3) is 3.27. The summed E-state index contributed by atoms with van der Waals surface area (Å²) in [6.07, 6.45) is 0. The highest BCUT2D eigenvalue weighted by molar-refractivity contribution is 6.04. The molecule has 0 fully saturated rings. The molecule has 116 valence electrons. The van der Waals surface area contributed by atoms with Crippen molar-refractivity contribution in [1.82, 2.24) is 4.98 Å². The molecule has 1 aromatic heterocycles. The largest absolute Gasteiger partial charge is 0.408 e. The van der Waals surface area contributed by atoms with Gasteiger partial charge in [0.1, 0.15) is 0 Å². The predicted molar refractivity (Wildman–Crippen MR) is 73.6 cm³/mol. The highest BCUT2D eigenvalue weighted by Crippen LogP contribution is 2.38. The molecule has 0 bridgehead atoms. The first-order chi connectivity index (χ1) is 10.3. The van der Waals surface area contributed by atoms with Crippen LogP contribution < -0.4 is 9.47 Å². The first kappa shape index (κ1) is 15.6. The smallest absolute Gasteiger partial charge is 0.309 e. The molecular formula is C14H14N2O6. The summed E-state index contributed by atoms with van der Waals surface area (Å²) in [6.45, 7) is 5.41. The Morgan fingerprint density at radius 2 is 1.59 bits per heavy atom. The molecule has 2 heterocycles. The minimum Gasteiger partial charge on any atom is -0.408 e. The maximum atomic E-state index is 11.2. The van der Waals surface area contributed by atoms with Crippen molar-refractivity contribution in [3.63, 3.8) is 0 Å². The van der Waals surface area contributed by atoms with Gasteiger partial charge < -0.3 is 14.2 Å². The lowest BCUT2D eigenvalue weighted by molar-refractivity contribution is -0.134. The minimum atomic E-state index is -0.585. The molecule has 1 aliphatic heterocycles. The Balaban J connectivity index is 2.54. The van der Waals surface area contributed by atoms with E-state index in [2.05, 4.69) is 9.98 Å². The highest BCUT2D eigenvalue weighted by Gasteiger charge is 2.31. The lowest BCUT2D eigenvalue weighted by Gasteiger charge is -2.11. The first-order valence-electron chi connectivity index (χ1n) is 6.46. The second-order valence-corrected chi connectivity index (χ2v) is 4.62. The van der Waals surface area contributed by atoms with Gasteiger partial charge in [0.15, 0.2) is 0 Å². The van der Waals surface area contributed by atoms with E-state index in [1.54, 1.807) is 6.92 Å². The molecule has 0 N–H and O–H groups in total. The zero-order valence-corrected chi connectivity index (χ0v) is 12.5. The molecule has 0 spiro atoms. The van der Waals surface area contributed by atoms with Crippen LogP contribution in [0.5, 0.6) is 11.8 Å². The Morgan fingerprint density at radius 3 is 2.14 bits per heavy atom. The lowest BCUT2D eigenvalue weighted by atomic mass is 10.1. The van der Waals surface area contributed by atoms with E-state index in [-0.39, 0.29) is 17.7 Å². The summed E-state index contributed by atoms with van der Waals surface area (Å²) in [5, 5.41) is 0. The van der Waals surface area contributed by atoms with Crippen molar-refractivity contribution in [1.29, 1.82) is 0 Å². The lowest BCUT2D eigenvalue weighted by Crippen LogP contribution is -2.13. The molecule has 1 unspecified atom stereocenters. The van der Waals surface area contributed by atoms with Gasteiger partial charge in [-0.1, -0.05) is 0 Å². The van der Waals surface area contributed by atoms with E-state index in [1.807, 2.05) is 0 Å². The van der Waals surface area contributed by atoms with Crippen molar-refractivity contribution in [2.75, 3.05) is 0 Å². The molecule has 1 aromatic rings. The number of carbonyl (C=O) groups excluding carboxylic acids is 3. The fourth-order valence-corrected chi connectivity index (χ4v) is 2.03. The molecule has 0 saturated heterocycles. The molecule has 1 aliphatic rings. The third-order valence-electron chi connectivity index (χ3n) is 2.69. The number of aromatic nitrogens is 1. The van der Waals surface area contributed by atoms with Crippen LogP contribution >= 0.6 is 0 Å². The van der Waals surface area contributed by atoms with Gasteiger partial charge in [-0.05, 0) is 6.92 Å². The molecule has 2 rings (SSSR count). The summed E-state index contributed by atoms with van der Waals surface area (Å²) in [7, 11) is 0. The average molecular weight is 306 g/mol. The summed E-state index contributed by atoms with van der Waals surface area (Å²) in [5.41, 5.74) is 0.882. The second kappa shape index (κ2) is 5.92. The normalized spacial score (nSPS) is 15.6. The molecule has 0 aliphatic carbocycles. The second-order valence-electron chi connectivity index (χ2n) is 4.62. The van der Waals surface area contributed by atoms with Gasteiger partial charge in [-0.15, -0.1) is 0 Å². The topological polar surface area (TPSA) is 104 Å². The monoisotopic (exact) mass is 306 g/mol. The molecule has 0 saturated carbocycles. The molecule has 1 atom stereocenters. The Morgan fingerprint density at radius 1 is 1.00 bits per heavy atom. The van der Waals surface area contributed by atoms with Crippen molar-refractivity contribution in [2.24, 2.45) is 4.99 Å². The van der Waals surface area contributed by atoms with Gasteiger partial charge in [0.05, 0.1) is 17.2 Å². The molecule has 0 amide bonds. The number of hydrogen-bond donors (Lipinski definition) is 0. The van der Waals surface area contributed by atoms with E-state index in [0.29, 0.717) is 11.1 Å². The number of esters is 3. The number of nitrogens with zero attached hydrogens (tertiary/aromatic N) is 2. The molecule has 22 heavy (non-hydrogen) atoms. The van der Waals surface area contributed by atoms with E-state index >= 15 is 0 Å². The van der Waals surface area contributed by atoms with Gasteiger partial charge in [0.2, 0.25) is 17.7 Å². The third-order valence-corrected chi connectivity index (χ3v) is 2.69. The predicted octanol–water partition coefficient (Wildman–Crippen LogP) is 1.32. The van der Waals surface area contributed by atoms with Crippen LogP contribution in [0.25, 0.3) is 0 Å². The zero-order valence-electron chi connectivity index (χ0n) is 12.5. The SMILES string of the molecule is CC(=O)OC1=NC(C)c2c1cc(OC(C)=O)nc2OC(C)=O. The fourth-order valence-electron chi connectivity index (χ4n) is 2.03. The van der Waals surface area contributed by atoms with Crippen LogP contribution in [0, 0.1) is 0 Å². The van der Waals surface area contributed by atoms with Crippen molar-refractivity contribution in [2.45, 2.75) is 33.7 Å². The Bertz CT molecular complexity index is 695. The van der Waals surface area contributed by atoms with Gasteiger partial charge in [-0.25, -0.2) is 4.99 Å². The van der Waals surface area contributed by atoms with Crippen LogP contribution in [0.2, 0.25) is 0 Å². The van der Waals surface area contributed by atoms with E-state index in [1.165, 1.54) is 26.8 Å². The van der Waals surface area contributed by atoms with Crippen molar-refractivity contribution in [3.05, 3.63) is 17.2 Å². The van der Waals surface area contributed by atoms with Crippen molar-refractivity contribution < 1.29 is 28.6 Å². The Kier molecular flexibility index (Phi) is 4.20. The minimum absolute atomic E-state index is 0.0281. The number of rotatable bonds is 2. The van der Waals surface area contributed by atoms with Crippen LogP contribution in [0.1, 0.15) is 44.9 Å². The van der Waals surface area contributed by atoms with Gasteiger partial charge >= 0.3 is 17.9 Å². The molecular weight excluding hydrogens is 292 g/mol. The summed E-state index contributed by atoms with van der Waals surface area (Å²) < 4.78 is 15.0. The first-order valence-corrected chi connectivity index (χ1v) is 6.46. The number of hydrogen-bond acceptors (Lipinski definition) is 8. The maximum absolute atomic E-state index is 11.2. The van der Waals surface area contributed by atoms with Crippen LogP contribution in [0.15, 0.2) is 11.1 Å². The number of pyridine rings is 1. The van der Waals surface area contributed by atoms with Crippen molar-refractivity contribution in [3.8, 4) is 11.8 Å². The number of fused-ring (bicyclic) bond motifs is 1. The number of carbonyl (C=O) groups is 3. The van der Waals surface area contributed by atoms with E-state index in [0.717, 1.165) is 0 Å². The number of ether oxygens (including phenoxy) is 3. The van der Waals surface area contributed by atoms with E-state index in [9.17, 15) is 14.4 Å².